The van der Waals surface area contributed by atoms with Crippen LogP contribution in [0.15, 0.2) is 0 Å². The Bertz CT molecular complexity index is 270. The summed E-state index contributed by atoms with van der Waals surface area (Å²) in [5.74, 6) is 0.887. The molecule has 1 aliphatic heterocycles. The SMILES string of the molecule is N=CCCCCCCCCCCCCC(=N)N1CCCC1. The summed E-state index contributed by atoms with van der Waals surface area (Å²) in [5, 5.41) is 15.0. The third-order valence-electron chi connectivity index (χ3n) is 4.50. The van der Waals surface area contributed by atoms with Crippen LogP contribution in [-0.4, -0.2) is 30.0 Å². The first-order valence-electron chi connectivity index (χ1n) is 9.16. The Morgan fingerprint density at radius 2 is 1.24 bits per heavy atom. The van der Waals surface area contributed by atoms with Gasteiger partial charge in [-0.05, 0) is 38.3 Å². The summed E-state index contributed by atoms with van der Waals surface area (Å²) >= 11 is 0. The Balaban J connectivity index is 1.76. The smallest absolute Gasteiger partial charge is 0.0957 e. The molecule has 21 heavy (non-hydrogen) atoms. The van der Waals surface area contributed by atoms with E-state index < -0.39 is 0 Å². The normalized spacial score (nSPS) is 14.6. The van der Waals surface area contributed by atoms with E-state index in [9.17, 15) is 0 Å². The summed E-state index contributed by atoms with van der Waals surface area (Å²) in [5.41, 5.74) is 0. The number of unbranched alkanes of at least 4 members (excludes halogenated alkanes) is 10. The van der Waals surface area contributed by atoms with Gasteiger partial charge in [0.1, 0.15) is 0 Å². The molecule has 3 nitrogen and oxygen atoms in total. The van der Waals surface area contributed by atoms with E-state index in [0.29, 0.717) is 0 Å². The molecule has 0 aromatic heterocycles. The molecule has 0 unspecified atom stereocenters. The molecule has 0 aliphatic carbocycles. The van der Waals surface area contributed by atoms with Crippen LogP contribution in [-0.2, 0) is 0 Å². The Morgan fingerprint density at radius 1 is 0.762 bits per heavy atom. The molecule has 1 saturated heterocycles. The van der Waals surface area contributed by atoms with Gasteiger partial charge in [-0.2, -0.15) is 0 Å². The van der Waals surface area contributed by atoms with Crippen LogP contribution in [0.4, 0.5) is 0 Å². The van der Waals surface area contributed by atoms with Crippen molar-refractivity contribution in [3.05, 3.63) is 0 Å². The van der Waals surface area contributed by atoms with Gasteiger partial charge in [-0.15, -0.1) is 0 Å². The van der Waals surface area contributed by atoms with Crippen LogP contribution in [0.3, 0.4) is 0 Å². The highest BCUT2D eigenvalue weighted by atomic mass is 15.2. The van der Waals surface area contributed by atoms with Crippen molar-refractivity contribution in [3.8, 4) is 0 Å². The van der Waals surface area contributed by atoms with Crippen molar-refractivity contribution in [2.45, 2.75) is 89.9 Å². The van der Waals surface area contributed by atoms with Gasteiger partial charge in [0.05, 0.1) is 5.84 Å². The number of nitrogens with one attached hydrogen (secondary N) is 2. The molecule has 1 aliphatic rings. The van der Waals surface area contributed by atoms with Crippen LogP contribution >= 0.6 is 0 Å². The Labute approximate surface area is 131 Å². The maximum atomic E-state index is 8.04. The van der Waals surface area contributed by atoms with Crippen LogP contribution in [0.2, 0.25) is 0 Å². The molecule has 0 atom stereocenters. The first kappa shape index (κ1) is 18.2. The van der Waals surface area contributed by atoms with Crippen molar-refractivity contribution in [2.24, 2.45) is 0 Å². The lowest BCUT2D eigenvalue weighted by Gasteiger charge is -2.18. The second-order valence-corrected chi connectivity index (χ2v) is 6.42. The Morgan fingerprint density at radius 3 is 1.76 bits per heavy atom. The fourth-order valence-corrected chi connectivity index (χ4v) is 3.10. The molecule has 0 spiro atoms. The van der Waals surface area contributed by atoms with Gasteiger partial charge in [0.15, 0.2) is 0 Å². The number of nitrogens with zero attached hydrogens (tertiary/aromatic N) is 1. The summed E-state index contributed by atoms with van der Waals surface area (Å²) in [4.78, 5) is 2.26. The highest BCUT2D eigenvalue weighted by Crippen LogP contribution is 2.14. The topological polar surface area (TPSA) is 50.9 Å². The number of likely N-dealkylation sites (tertiary alicyclic amines) is 1. The zero-order valence-electron chi connectivity index (χ0n) is 13.8. The third kappa shape index (κ3) is 9.65. The highest BCUT2D eigenvalue weighted by molar-refractivity contribution is 5.79. The third-order valence-corrected chi connectivity index (χ3v) is 4.50. The summed E-state index contributed by atoms with van der Waals surface area (Å²) in [6, 6.07) is 0. The van der Waals surface area contributed by atoms with E-state index in [1.165, 1.54) is 83.3 Å². The van der Waals surface area contributed by atoms with Crippen LogP contribution < -0.4 is 0 Å². The molecular formula is C18H35N3. The van der Waals surface area contributed by atoms with E-state index in [0.717, 1.165) is 31.8 Å². The number of hydrogen-bond donors (Lipinski definition) is 2. The van der Waals surface area contributed by atoms with Crippen molar-refractivity contribution in [2.75, 3.05) is 13.1 Å². The van der Waals surface area contributed by atoms with E-state index in [1.807, 2.05) is 0 Å². The highest BCUT2D eigenvalue weighted by Gasteiger charge is 2.13. The zero-order valence-corrected chi connectivity index (χ0v) is 13.8. The molecule has 1 rings (SSSR count). The van der Waals surface area contributed by atoms with E-state index in [4.69, 9.17) is 10.8 Å². The van der Waals surface area contributed by atoms with Gasteiger partial charge in [-0.3, -0.25) is 5.41 Å². The first-order chi connectivity index (χ1) is 10.3. The van der Waals surface area contributed by atoms with E-state index >= 15 is 0 Å². The molecule has 3 heteroatoms. The number of rotatable bonds is 13. The Kier molecular flexibility index (Phi) is 11.1. The first-order valence-corrected chi connectivity index (χ1v) is 9.16. The molecule has 2 N–H and O–H groups in total. The summed E-state index contributed by atoms with van der Waals surface area (Å²) in [6.07, 6.45) is 19.3. The van der Waals surface area contributed by atoms with Gasteiger partial charge in [-0.25, -0.2) is 0 Å². The summed E-state index contributed by atoms with van der Waals surface area (Å²) < 4.78 is 0. The molecule has 0 saturated carbocycles. The molecule has 0 radical (unpaired) electrons. The average Bonchev–Trinajstić information content (AvgIpc) is 3.02. The predicted molar refractivity (Wildman–Crippen MR) is 92.7 cm³/mol. The summed E-state index contributed by atoms with van der Waals surface area (Å²) in [7, 11) is 0. The van der Waals surface area contributed by atoms with Gasteiger partial charge >= 0.3 is 0 Å². The number of amidine groups is 1. The van der Waals surface area contributed by atoms with E-state index in [2.05, 4.69) is 4.90 Å². The largest absolute Gasteiger partial charge is 0.361 e. The molecule has 122 valence electrons. The molecule has 0 bridgehead atoms. The fourth-order valence-electron chi connectivity index (χ4n) is 3.10. The van der Waals surface area contributed by atoms with Crippen LogP contribution in [0.25, 0.3) is 0 Å². The second-order valence-electron chi connectivity index (χ2n) is 6.42. The van der Waals surface area contributed by atoms with Gasteiger partial charge in [0.2, 0.25) is 0 Å². The maximum absolute atomic E-state index is 8.04. The zero-order chi connectivity index (χ0) is 15.2. The van der Waals surface area contributed by atoms with Gasteiger partial charge in [-0.1, -0.05) is 51.4 Å². The van der Waals surface area contributed by atoms with Gasteiger partial charge in [0, 0.05) is 19.5 Å². The molecule has 1 fully saturated rings. The van der Waals surface area contributed by atoms with Crippen LogP contribution in [0.5, 0.6) is 0 Å². The molecule has 0 aromatic carbocycles. The maximum Gasteiger partial charge on any atom is 0.0957 e. The van der Waals surface area contributed by atoms with E-state index in [1.54, 1.807) is 0 Å². The lowest BCUT2D eigenvalue weighted by atomic mass is 10.1. The molecule has 0 aromatic rings. The minimum atomic E-state index is 0.887. The monoisotopic (exact) mass is 293 g/mol. The average molecular weight is 293 g/mol. The minimum absolute atomic E-state index is 0.887. The van der Waals surface area contributed by atoms with E-state index in [-0.39, 0.29) is 0 Å². The van der Waals surface area contributed by atoms with Crippen LogP contribution in [0, 0.1) is 10.8 Å². The lowest BCUT2D eigenvalue weighted by Crippen LogP contribution is -2.26. The molecule has 1 heterocycles. The summed E-state index contributed by atoms with van der Waals surface area (Å²) in [6.45, 7) is 2.25. The van der Waals surface area contributed by atoms with Gasteiger partial charge < -0.3 is 10.3 Å². The van der Waals surface area contributed by atoms with Gasteiger partial charge in [0.25, 0.3) is 0 Å². The minimum Gasteiger partial charge on any atom is -0.361 e. The second kappa shape index (κ2) is 12.8. The standard InChI is InChI=1S/C18H35N3/c19-15-11-9-7-5-3-1-2-4-6-8-10-14-18(20)21-16-12-13-17-21/h15,19-20H,1-14,16-17H2. The fraction of sp³-hybridized carbons (Fsp3) is 0.889. The predicted octanol–water partition coefficient (Wildman–Crippen LogP) is 5.39. The quantitative estimate of drug-likeness (QED) is 0.267. The van der Waals surface area contributed by atoms with Crippen molar-refractivity contribution in [3.63, 3.8) is 0 Å². The molecule has 0 amide bonds. The number of hydrogen-bond acceptors (Lipinski definition) is 2. The van der Waals surface area contributed by atoms with Crippen molar-refractivity contribution >= 4 is 12.1 Å². The Hall–Kier alpha value is -0.860. The molecular weight excluding hydrogens is 258 g/mol. The lowest BCUT2D eigenvalue weighted by molar-refractivity contribution is 0.493. The van der Waals surface area contributed by atoms with Crippen molar-refractivity contribution in [1.82, 2.24) is 4.90 Å². The van der Waals surface area contributed by atoms with Crippen LogP contribution in [0.1, 0.15) is 89.9 Å². The van der Waals surface area contributed by atoms with Crippen molar-refractivity contribution in [1.29, 1.82) is 10.8 Å². The van der Waals surface area contributed by atoms with Crippen molar-refractivity contribution < 1.29 is 0 Å².